The quantitative estimate of drug-likeness (QED) is 0.544. The molecule has 0 radical (unpaired) electrons. The van der Waals surface area contributed by atoms with Gasteiger partial charge < -0.3 is 20.5 Å². The van der Waals surface area contributed by atoms with E-state index in [4.69, 9.17) is 4.74 Å². The van der Waals surface area contributed by atoms with Gasteiger partial charge in [0.2, 0.25) is 0 Å². The van der Waals surface area contributed by atoms with Crippen LogP contribution in [0.5, 0.6) is 5.75 Å². The number of benzene rings is 1. The molecule has 3 rings (SSSR count). The molecule has 1 heterocycles. The number of aliphatic hydroxyl groups is 1. The fraction of sp³-hybridized carbons (Fsp3) is 0.533. The lowest BCUT2D eigenvalue weighted by Gasteiger charge is -2.42. The molecule has 124 valence electrons. The predicted octanol–water partition coefficient (Wildman–Crippen LogP) is 1.89. The zero-order valence-corrected chi connectivity index (χ0v) is 12.6. The molecule has 1 aromatic rings. The molecule has 8 nitrogen and oxygen atoms in total. The second-order valence-electron chi connectivity index (χ2n) is 6.14. The first-order chi connectivity index (χ1) is 11.0. The SMILES string of the molecule is O=C1COc2cc([N+](=O)[O-])c(NCC3(CCO)CCC3)cc2N1. The van der Waals surface area contributed by atoms with Crippen LogP contribution >= 0.6 is 0 Å². The Balaban J connectivity index is 1.83. The molecule has 1 aliphatic heterocycles. The molecule has 8 heteroatoms. The van der Waals surface area contributed by atoms with Crippen molar-refractivity contribution in [2.24, 2.45) is 5.41 Å². The predicted molar refractivity (Wildman–Crippen MR) is 83.7 cm³/mol. The van der Waals surface area contributed by atoms with Gasteiger partial charge >= 0.3 is 0 Å². The fourth-order valence-electron chi connectivity index (χ4n) is 3.12. The van der Waals surface area contributed by atoms with Gasteiger partial charge in [-0.15, -0.1) is 0 Å². The molecule has 23 heavy (non-hydrogen) atoms. The van der Waals surface area contributed by atoms with Crippen molar-refractivity contribution < 1.29 is 19.6 Å². The number of ether oxygens (including phenoxy) is 1. The maximum atomic E-state index is 11.4. The smallest absolute Gasteiger partial charge is 0.296 e. The van der Waals surface area contributed by atoms with E-state index in [1.165, 1.54) is 12.1 Å². The number of anilines is 2. The van der Waals surface area contributed by atoms with Crippen molar-refractivity contribution in [1.29, 1.82) is 0 Å². The first-order valence-corrected chi connectivity index (χ1v) is 7.63. The summed E-state index contributed by atoms with van der Waals surface area (Å²) in [5.74, 6) is 0.0172. The summed E-state index contributed by atoms with van der Waals surface area (Å²) in [6.07, 6.45) is 3.79. The van der Waals surface area contributed by atoms with E-state index < -0.39 is 4.92 Å². The molecule has 0 spiro atoms. The highest BCUT2D eigenvalue weighted by molar-refractivity contribution is 5.96. The third-order valence-electron chi connectivity index (χ3n) is 4.64. The second kappa shape index (κ2) is 6.04. The van der Waals surface area contributed by atoms with Crippen molar-refractivity contribution in [3.05, 3.63) is 22.2 Å². The highest BCUT2D eigenvalue weighted by Gasteiger charge is 2.36. The van der Waals surface area contributed by atoms with Gasteiger partial charge in [0.05, 0.1) is 16.7 Å². The first-order valence-electron chi connectivity index (χ1n) is 7.63. The van der Waals surface area contributed by atoms with Crippen LogP contribution in [0.2, 0.25) is 0 Å². The van der Waals surface area contributed by atoms with Gasteiger partial charge in [-0.1, -0.05) is 6.42 Å². The van der Waals surface area contributed by atoms with E-state index in [9.17, 15) is 20.0 Å². The van der Waals surface area contributed by atoms with Gasteiger partial charge in [0.25, 0.3) is 11.6 Å². The Kier molecular flexibility index (Phi) is 4.08. The normalized spacial score (nSPS) is 18.2. The summed E-state index contributed by atoms with van der Waals surface area (Å²) in [7, 11) is 0. The van der Waals surface area contributed by atoms with Gasteiger partial charge in [0, 0.05) is 13.2 Å². The molecule has 0 unspecified atom stereocenters. The van der Waals surface area contributed by atoms with Crippen molar-refractivity contribution in [3.8, 4) is 5.75 Å². The number of rotatable bonds is 6. The molecule has 1 saturated carbocycles. The minimum Gasteiger partial charge on any atom is -0.481 e. The van der Waals surface area contributed by atoms with E-state index >= 15 is 0 Å². The molecule has 2 aliphatic rings. The van der Waals surface area contributed by atoms with E-state index in [1.807, 2.05) is 0 Å². The number of hydrogen-bond acceptors (Lipinski definition) is 6. The number of carbonyl (C=O) groups is 1. The molecular weight excluding hydrogens is 302 g/mol. The van der Waals surface area contributed by atoms with Crippen LogP contribution in [0.15, 0.2) is 12.1 Å². The summed E-state index contributed by atoms with van der Waals surface area (Å²) >= 11 is 0. The van der Waals surface area contributed by atoms with Gasteiger partial charge in [-0.2, -0.15) is 0 Å². The number of nitro groups is 1. The molecule has 1 fully saturated rings. The maximum absolute atomic E-state index is 11.4. The Morgan fingerprint density at radius 3 is 2.83 bits per heavy atom. The van der Waals surface area contributed by atoms with E-state index in [0.717, 1.165) is 19.3 Å². The van der Waals surface area contributed by atoms with Crippen LogP contribution in [0.1, 0.15) is 25.7 Å². The summed E-state index contributed by atoms with van der Waals surface area (Å²) < 4.78 is 5.22. The summed E-state index contributed by atoms with van der Waals surface area (Å²) in [5.41, 5.74) is 0.694. The summed E-state index contributed by atoms with van der Waals surface area (Å²) in [5, 5.41) is 26.3. The van der Waals surface area contributed by atoms with E-state index in [1.54, 1.807) is 0 Å². The van der Waals surface area contributed by atoms with Crippen LogP contribution in [-0.4, -0.2) is 35.7 Å². The van der Waals surface area contributed by atoms with Crippen LogP contribution in [0, 0.1) is 15.5 Å². The number of nitrogens with zero attached hydrogens (tertiary/aromatic N) is 1. The zero-order valence-electron chi connectivity index (χ0n) is 12.6. The third-order valence-corrected chi connectivity index (χ3v) is 4.64. The number of aliphatic hydroxyl groups excluding tert-OH is 1. The molecule has 0 bridgehead atoms. The molecule has 3 N–H and O–H groups in total. The van der Waals surface area contributed by atoms with Crippen molar-refractivity contribution in [2.75, 3.05) is 30.4 Å². The van der Waals surface area contributed by atoms with Crippen LogP contribution in [0.3, 0.4) is 0 Å². The van der Waals surface area contributed by atoms with Gasteiger partial charge in [0.15, 0.2) is 12.4 Å². The minimum absolute atomic E-state index is 0.00172. The first kappa shape index (κ1) is 15.5. The lowest BCUT2D eigenvalue weighted by molar-refractivity contribution is -0.384. The Labute approximate surface area is 133 Å². The minimum atomic E-state index is -0.470. The Hall–Kier alpha value is -2.35. The number of fused-ring (bicyclic) bond motifs is 1. The largest absolute Gasteiger partial charge is 0.481 e. The molecule has 0 atom stereocenters. The van der Waals surface area contributed by atoms with Crippen molar-refractivity contribution in [1.82, 2.24) is 0 Å². The topological polar surface area (TPSA) is 114 Å². The van der Waals surface area contributed by atoms with Crippen molar-refractivity contribution >= 4 is 23.0 Å². The Morgan fingerprint density at radius 2 is 2.22 bits per heavy atom. The van der Waals surface area contributed by atoms with Crippen LogP contribution < -0.4 is 15.4 Å². The molecule has 1 aliphatic carbocycles. The molecule has 1 amide bonds. The monoisotopic (exact) mass is 321 g/mol. The van der Waals surface area contributed by atoms with Crippen LogP contribution in [0.4, 0.5) is 17.1 Å². The Morgan fingerprint density at radius 1 is 1.43 bits per heavy atom. The number of nitrogens with one attached hydrogen (secondary N) is 2. The summed E-state index contributed by atoms with van der Waals surface area (Å²) in [6.45, 7) is 0.524. The van der Waals surface area contributed by atoms with Crippen molar-refractivity contribution in [2.45, 2.75) is 25.7 Å². The number of carbonyl (C=O) groups excluding carboxylic acids is 1. The van der Waals surface area contributed by atoms with Crippen LogP contribution in [-0.2, 0) is 4.79 Å². The standard InChI is InChI=1S/C15H19N3O5/c19-5-4-15(2-1-3-15)9-16-10-6-11-13(7-12(10)18(21)22)23-8-14(20)17-11/h6-7,16,19H,1-5,8-9H2,(H,17,20). The lowest BCUT2D eigenvalue weighted by Crippen LogP contribution is -2.37. The third kappa shape index (κ3) is 3.07. The molecule has 1 aromatic carbocycles. The fourth-order valence-corrected chi connectivity index (χ4v) is 3.12. The number of amides is 1. The zero-order chi connectivity index (χ0) is 16.4. The summed E-state index contributed by atoms with van der Waals surface area (Å²) in [6, 6.07) is 2.87. The van der Waals surface area contributed by atoms with E-state index in [0.29, 0.717) is 30.1 Å². The van der Waals surface area contributed by atoms with Gasteiger partial charge in [0.1, 0.15) is 5.69 Å². The molecular formula is C15H19N3O5. The van der Waals surface area contributed by atoms with E-state index in [2.05, 4.69) is 10.6 Å². The van der Waals surface area contributed by atoms with Gasteiger partial charge in [-0.25, -0.2) is 0 Å². The molecule has 0 aromatic heterocycles. The van der Waals surface area contributed by atoms with Crippen molar-refractivity contribution in [3.63, 3.8) is 0 Å². The van der Waals surface area contributed by atoms with Gasteiger partial charge in [-0.3, -0.25) is 14.9 Å². The molecule has 0 saturated heterocycles. The summed E-state index contributed by atoms with van der Waals surface area (Å²) in [4.78, 5) is 22.2. The average molecular weight is 321 g/mol. The number of hydrogen-bond donors (Lipinski definition) is 3. The second-order valence-corrected chi connectivity index (χ2v) is 6.14. The maximum Gasteiger partial charge on any atom is 0.296 e. The highest BCUT2D eigenvalue weighted by atomic mass is 16.6. The Bertz CT molecular complexity index is 642. The highest BCUT2D eigenvalue weighted by Crippen LogP contribution is 2.45. The van der Waals surface area contributed by atoms with Crippen LogP contribution in [0.25, 0.3) is 0 Å². The average Bonchev–Trinajstić information content (AvgIpc) is 2.48. The lowest BCUT2D eigenvalue weighted by atomic mass is 9.67. The van der Waals surface area contributed by atoms with Gasteiger partial charge in [-0.05, 0) is 30.7 Å². The number of nitro benzene ring substituents is 1. The van der Waals surface area contributed by atoms with E-state index in [-0.39, 0.29) is 30.2 Å².